The number of rotatable bonds is 16. The molecule has 59 heavy (non-hydrogen) atoms. The predicted molar refractivity (Wildman–Crippen MR) is 219 cm³/mol. The van der Waals surface area contributed by atoms with Crippen molar-refractivity contribution in [2.24, 2.45) is 0 Å². The number of hydrogen-bond acceptors (Lipinski definition) is 15. The number of nitrogens with zero attached hydrogens (tertiary/aromatic N) is 8. The van der Waals surface area contributed by atoms with Gasteiger partial charge in [-0.3, -0.25) is 23.9 Å². The molecule has 1 unspecified atom stereocenters. The number of aliphatic carboxylic acids is 2. The van der Waals surface area contributed by atoms with E-state index in [1.165, 1.54) is 52.3 Å². The highest BCUT2D eigenvalue weighted by atomic mass is 35.5. The minimum absolute atomic E-state index is 0.0160. The molecular formula is C36H28Cl2N10O9S2. The van der Waals surface area contributed by atoms with Crippen molar-refractivity contribution in [3.8, 4) is 0 Å². The molecule has 0 spiro atoms. The molecule has 2 heterocycles. The van der Waals surface area contributed by atoms with Crippen LogP contribution in [-0.4, -0.2) is 86.9 Å². The molecule has 0 aliphatic carbocycles. The molecule has 0 fully saturated rings. The highest BCUT2D eigenvalue weighted by molar-refractivity contribution is 7.86. The van der Waals surface area contributed by atoms with Gasteiger partial charge in [-0.1, -0.05) is 60.7 Å². The minimum atomic E-state index is -4.87. The summed E-state index contributed by atoms with van der Waals surface area (Å²) in [4.78, 5) is 50.0. The third kappa shape index (κ3) is 11.1. The van der Waals surface area contributed by atoms with Crippen LogP contribution < -0.4 is 20.4 Å². The Morgan fingerprint density at radius 1 is 0.661 bits per heavy atom. The minimum Gasteiger partial charge on any atom is -0.480 e. The van der Waals surface area contributed by atoms with Crippen LogP contribution in [0.4, 0.5) is 46.5 Å². The highest BCUT2D eigenvalue weighted by Crippen LogP contribution is 2.30. The lowest BCUT2D eigenvalue weighted by Gasteiger charge is -2.21. The van der Waals surface area contributed by atoms with Crippen LogP contribution in [0.2, 0.25) is 10.6 Å². The third-order valence-electron chi connectivity index (χ3n) is 7.85. The summed E-state index contributed by atoms with van der Waals surface area (Å²) in [7, 11) is -4.87. The molecule has 4 aromatic carbocycles. The first kappa shape index (κ1) is 42.0. The summed E-state index contributed by atoms with van der Waals surface area (Å²) in [5.74, 6) is -2.85. The van der Waals surface area contributed by atoms with E-state index < -0.39 is 51.1 Å². The largest absolute Gasteiger partial charge is 0.480 e. The Morgan fingerprint density at radius 3 is 1.54 bits per heavy atom. The van der Waals surface area contributed by atoms with Gasteiger partial charge in [0.05, 0.1) is 4.90 Å². The van der Waals surface area contributed by atoms with Crippen LogP contribution in [0.25, 0.3) is 12.2 Å². The van der Waals surface area contributed by atoms with Crippen LogP contribution in [0.5, 0.6) is 0 Å². The number of para-hydroxylation sites is 2. The quantitative estimate of drug-likeness (QED) is 0.0354. The van der Waals surface area contributed by atoms with Crippen molar-refractivity contribution in [3.63, 3.8) is 0 Å². The number of carboxylic acid groups (broad SMARTS) is 2. The van der Waals surface area contributed by atoms with Gasteiger partial charge in [0.1, 0.15) is 18.0 Å². The van der Waals surface area contributed by atoms with Crippen molar-refractivity contribution < 1.29 is 41.5 Å². The Bertz CT molecular complexity index is 2700. The molecule has 6 aromatic rings. The summed E-state index contributed by atoms with van der Waals surface area (Å²) in [6, 6.07) is 25.0. The fraction of sp³-hybridized carbons (Fsp3) is 0.0556. The standard InChI is InChI=1S/C36H28Cl2N10O9S2/c37-31-41-33(45-35(43-31)47(19-29(49)50)25-7-3-1-4-8-25)39-23-15-13-21(27(17-23)58(53)54)11-12-22-14-16-24(18-28(22)59(55,56)57)40-34-42-32(38)44-36(46-34)48(20-30(51)52)26-9-5-2-6-10-26/h1-18H,19-20H2,(H,49,50)(H,51,52)(H,53,54)(H,55,56,57)(H,39,41,43,45)(H,40,42,44,46)/b12-11+. The van der Waals surface area contributed by atoms with E-state index in [1.807, 2.05) is 0 Å². The molecule has 23 heteroatoms. The SMILES string of the molecule is O=C(O)CN(c1ccccc1)c1nc(Cl)nc(Nc2ccc(/C=C/c3ccc(Nc4nc(Cl)nc(N(CC(=O)O)c5ccccc5)n4)cc3S(=O)(=O)O)c(S(=O)O)c2)n1. The van der Waals surface area contributed by atoms with E-state index in [2.05, 4.69) is 40.5 Å². The lowest BCUT2D eigenvalue weighted by atomic mass is 10.1. The lowest BCUT2D eigenvalue weighted by Crippen LogP contribution is -2.27. The van der Waals surface area contributed by atoms with Gasteiger partial charge in [0.25, 0.3) is 10.1 Å². The van der Waals surface area contributed by atoms with Gasteiger partial charge in [-0.25, -0.2) is 4.21 Å². The molecule has 0 radical (unpaired) electrons. The summed E-state index contributed by atoms with van der Waals surface area (Å²) in [6.07, 6.45) is 2.65. The summed E-state index contributed by atoms with van der Waals surface area (Å²) < 4.78 is 57.9. The zero-order valence-electron chi connectivity index (χ0n) is 29.8. The fourth-order valence-electron chi connectivity index (χ4n) is 5.39. The molecule has 6 rings (SSSR count). The highest BCUT2D eigenvalue weighted by Gasteiger charge is 2.21. The van der Waals surface area contributed by atoms with Gasteiger partial charge in [-0.05, 0) is 82.9 Å². The molecule has 0 saturated carbocycles. The van der Waals surface area contributed by atoms with Crippen molar-refractivity contribution in [1.82, 2.24) is 29.9 Å². The number of nitrogens with one attached hydrogen (secondary N) is 2. The van der Waals surface area contributed by atoms with Crippen molar-refractivity contribution >= 4 is 115 Å². The first-order valence-corrected chi connectivity index (χ1v) is 19.9. The smallest absolute Gasteiger partial charge is 0.323 e. The number of anilines is 8. The predicted octanol–water partition coefficient (Wildman–Crippen LogP) is 6.29. The van der Waals surface area contributed by atoms with E-state index in [0.29, 0.717) is 11.4 Å². The number of hydrogen-bond donors (Lipinski definition) is 6. The van der Waals surface area contributed by atoms with E-state index in [9.17, 15) is 41.5 Å². The normalized spacial score (nSPS) is 11.9. The summed E-state index contributed by atoms with van der Waals surface area (Å²) >= 11 is 9.76. The van der Waals surface area contributed by atoms with E-state index in [4.69, 9.17) is 23.2 Å². The average molecular weight is 880 g/mol. The number of aromatic nitrogens is 6. The zero-order valence-corrected chi connectivity index (χ0v) is 32.9. The zero-order chi connectivity index (χ0) is 42.3. The van der Waals surface area contributed by atoms with Crippen LogP contribution >= 0.6 is 23.2 Å². The monoisotopic (exact) mass is 878 g/mol. The van der Waals surface area contributed by atoms with Crippen LogP contribution in [0.1, 0.15) is 11.1 Å². The van der Waals surface area contributed by atoms with Crippen molar-refractivity contribution in [1.29, 1.82) is 0 Å². The van der Waals surface area contributed by atoms with Gasteiger partial charge < -0.3 is 25.4 Å². The summed E-state index contributed by atoms with van der Waals surface area (Å²) in [5, 5.41) is 24.1. The Morgan fingerprint density at radius 2 is 1.10 bits per heavy atom. The van der Waals surface area contributed by atoms with E-state index in [-0.39, 0.29) is 61.8 Å². The van der Waals surface area contributed by atoms with Crippen LogP contribution in [-0.2, 0) is 30.8 Å². The molecule has 0 amide bonds. The van der Waals surface area contributed by atoms with Crippen LogP contribution in [0.15, 0.2) is 107 Å². The van der Waals surface area contributed by atoms with E-state index in [0.717, 1.165) is 6.07 Å². The molecular weight excluding hydrogens is 851 g/mol. The summed E-state index contributed by atoms with van der Waals surface area (Å²) in [6.45, 7) is -1.03. The Labute approximate surface area is 347 Å². The first-order valence-electron chi connectivity index (χ1n) is 16.6. The Hall–Kier alpha value is -6.62. The van der Waals surface area contributed by atoms with Crippen LogP contribution in [0.3, 0.4) is 0 Å². The number of carbonyl (C=O) groups is 2. The van der Waals surface area contributed by atoms with E-state index in [1.54, 1.807) is 60.7 Å². The number of carboxylic acids is 2. The molecule has 0 bridgehead atoms. The Balaban J connectivity index is 1.26. The second kappa shape index (κ2) is 18.3. The molecule has 6 N–H and O–H groups in total. The second-order valence-electron chi connectivity index (χ2n) is 11.9. The van der Waals surface area contributed by atoms with Crippen molar-refractivity contribution in [2.75, 3.05) is 33.5 Å². The van der Waals surface area contributed by atoms with Gasteiger partial charge >= 0.3 is 11.9 Å². The van der Waals surface area contributed by atoms with Gasteiger partial charge in [0.2, 0.25) is 34.4 Å². The van der Waals surface area contributed by atoms with Gasteiger partial charge in [0.15, 0.2) is 11.1 Å². The summed E-state index contributed by atoms with van der Waals surface area (Å²) in [5.41, 5.74) is 1.38. The second-order valence-corrected chi connectivity index (χ2v) is 14.9. The molecule has 2 aromatic heterocycles. The molecule has 19 nitrogen and oxygen atoms in total. The third-order valence-corrected chi connectivity index (χ3v) is 9.82. The van der Waals surface area contributed by atoms with Crippen molar-refractivity contribution in [3.05, 3.63) is 119 Å². The molecule has 0 aliphatic heterocycles. The van der Waals surface area contributed by atoms with Gasteiger partial charge in [-0.2, -0.15) is 38.3 Å². The van der Waals surface area contributed by atoms with Crippen molar-refractivity contribution in [2.45, 2.75) is 9.79 Å². The van der Waals surface area contributed by atoms with Gasteiger partial charge in [0, 0.05) is 22.7 Å². The maximum absolute atomic E-state index is 12.6. The van der Waals surface area contributed by atoms with Crippen LogP contribution in [0, 0.1) is 0 Å². The molecule has 1 atom stereocenters. The van der Waals surface area contributed by atoms with E-state index >= 15 is 0 Å². The Kier molecular flexibility index (Phi) is 13.0. The maximum atomic E-state index is 12.6. The molecule has 0 aliphatic rings. The maximum Gasteiger partial charge on any atom is 0.323 e. The first-order chi connectivity index (χ1) is 28.1. The van der Waals surface area contributed by atoms with Gasteiger partial charge in [-0.15, -0.1) is 0 Å². The molecule has 0 saturated heterocycles. The molecule has 302 valence electrons. The fourth-order valence-corrected chi connectivity index (χ4v) is 6.97. The lowest BCUT2D eigenvalue weighted by molar-refractivity contribution is -0.136. The number of benzene rings is 4. The topological polar surface area (TPSA) is 274 Å². The average Bonchev–Trinajstić information content (AvgIpc) is 3.18. The number of halogens is 2.